The van der Waals surface area contributed by atoms with E-state index in [-0.39, 0.29) is 18.2 Å². The first-order valence-electron chi connectivity index (χ1n) is 7.94. The van der Waals surface area contributed by atoms with E-state index in [1.807, 2.05) is 6.92 Å². The third-order valence-corrected chi connectivity index (χ3v) is 3.88. The van der Waals surface area contributed by atoms with Crippen LogP contribution in [0.15, 0.2) is 35.9 Å². The van der Waals surface area contributed by atoms with E-state index in [1.54, 1.807) is 45.0 Å². The molecule has 0 aliphatic carbocycles. The summed E-state index contributed by atoms with van der Waals surface area (Å²) >= 11 is 0. The Balaban J connectivity index is 1.89. The van der Waals surface area contributed by atoms with Crippen LogP contribution in [0, 0.1) is 0 Å². The first-order chi connectivity index (χ1) is 11.7. The highest BCUT2D eigenvalue weighted by atomic mass is 17.5. The van der Waals surface area contributed by atoms with Gasteiger partial charge < -0.3 is 0 Å². The van der Waals surface area contributed by atoms with Gasteiger partial charge >= 0.3 is 5.97 Å². The summed E-state index contributed by atoms with van der Waals surface area (Å²) < 4.78 is 0. The molecule has 1 aliphatic heterocycles. The number of hydrogen-bond acceptors (Lipinski definition) is 6. The lowest BCUT2D eigenvalue weighted by molar-refractivity contribution is -0.516. The van der Waals surface area contributed by atoms with Crippen molar-refractivity contribution in [2.24, 2.45) is 0 Å². The minimum Gasteiger partial charge on any atom is -0.269 e. The number of anilines is 1. The lowest BCUT2D eigenvalue weighted by Gasteiger charge is -2.19. The Morgan fingerprint density at radius 3 is 2.32 bits per heavy atom. The Bertz CT molecular complexity index is 705. The van der Waals surface area contributed by atoms with Gasteiger partial charge in [-0.2, -0.15) is 4.89 Å². The molecule has 7 nitrogen and oxygen atoms in total. The Morgan fingerprint density at radius 1 is 1.16 bits per heavy atom. The highest BCUT2D eigenvalue weighted by Gasteiger charge is 2.29. The molecular formula is C18H21NO6. The molecule has 0 spiro atoms. The van der Waals surface area contributed by atoms with Crippen LogP contribution in [0.2, 0.25) is 0 Å². The fourth-order valence-corrected chi connectivity index (χ4v) is 2.00. The maximum absolute atomic E-state index is 11.9. The second kappa shape index (κ2) is 7.58. The van der Waals surface area contributed by atoms with Crippen molar-refractivity contribution in [2.45, 2.75) is 46.1 Å². The molecule has 2 amide bonds. The van der Waals surface area contributed by atoms with Gasteiger partial charge in [0.05, 0.1) is 12.1 Å². The minimum atomic E-state index is -0.620. The standard InChI is InChI=1S/C18H21NO6/c1-5-18(3,4)24-25-23-16(21)11-13-6-8-14(9-7-13)19-15(20)10-12(2)17(19)22/h6-10H,5,11H2,1-4H3. The molecule has 0 N–H and O–H groups in total. The monoisotopic (exact) mass is 347 g/mol. The first kappa shape index (κ1) is 18.8. The number of rotatable bonds is 7. The highest BCUT2D eigenvalue weighted by Crippen LogP contribution is 2.23. The summed E-state index contributed by atoms with van der Waals surface area (Å²) in [6.45, 7) is 7.11. The smallest absolute Gasteiger partial charge is 0.269 e. The van der Waals surface area contributed by atoms with E-state index in [0.29, 0.717) is 23.2 Å². The van der Waals surface area contributed by atoms with Gasteiger partial charge in [-0.15, -0.1) is 0 Å². The van der Waals surface area contributed by atoms with Crippen molar-refractivity contribution in [3.05, 3.63) is 41.5 Å². The van der Waals surface area contributed by atoms with Crippen molar-refractivity contribution in [3.8, 4) is 0 Å². The zero-order valence-corrected chi connectivity index (χ0v) is 14.7. The quantitative estimate of drug-likeness (QED) is 0.428. The Kier molecular flexibility index (Phi) is 5.71. The molecular weight excluding hydrogens is 326 g/mol. The van der Waals surface area contributed by atoms with Crippen LogP contribution in [0.1, 0.15) is 39.7 Å². The van der Waals surface area contributed by atoms with Crippen molar-refractivity contribution in [2.75, 3.05) is 4.90 Å². The van der Waals surface area contributed by atoms with Gasteiger partial charge in [-0.1, -0.05) is 19.1 Å². The van der Waals surface area contributed by atoms with E-state index in [9.17, 15) is 14.4 Å². The number of benzene rings is 1. The summed E-state index contributed by atoms with van der Waals surface area (Å²) in [5.74, 6) is -1.34. The first-order valence-corrected chi connectivity index (χ1v) is 7.94. The summed E-state index contributed by atoms with van der Waals surface area (Å²) in [4.78, 5) is 46.1. The van der Waals surface area contributed by atoms with Crippen LogP contribution in [0.5, 0.6) is 0 Å². The molecule has 0 fully saturated rings. The summed E-state index contributed by atoms with van der Waals surface area (Å²) in [5, 5.41) is 4.51. The van der Waals surface area contributed by atoms with Gasteiger partial charge in [0.15, 0.2) is 0 Å². The molecule has 1 aromatic rings. The molecule has 0 bridgehead atoms. The van der Waals surface area contributed by atoms with Crippen LogP contribution in [0.25, 0.3) is 0 Å². The van der Waals surface area contributed by atoms with E-state index in [4.69, 9.17) is 4.89 Å². The number of hydrogen-bond donors (Lipinski definition) is 0. The zero-order valence-electron chi connectivity index (χ0n) is 14.7. The fraction of sp³-hybridized carbons (Fsp3) is 0.389. The molecule has 0 saturated carbocycles. The van der Waals surface area contributed by atoms with E-state index < -0.39 is 11.6 Å². The highest BCUT2D eigenvalue weighted by molar-refractivity contribution is 6.30. The zero-order chi connectivity index (χ0) is 18.6. The number of carbonyl (C=O) groups is 3. The molecule has 134 valence electrons. The van der Waals surface area contributed by atoms with Crippen molar-refractivity contribution < 1.29 is 29.2 Å². The average Bonchev–Trinajstić information content (AvgIpc) is 2.81. The third kappa shape index (κ3) is 4.74. The van der Waals surface area contributed by atoms with Gasteiger partial charge in [0.2, 0.25) is 0 Å². The molecule has 25 heavy (non-hydrogen) atoms. The van der Waals surface area contributed by atoms with E-state index in [2.05, 4.69) is 9.93 Å². The van der Waals surface area contributed by atoms with Crippen LogP contribution in [0.4, 0.5) is 5.69 Å². The van der Waals surface area contributed by atoms with Crippen LogP contribution in [-0.2, 0) is 35.6 Å². The van der Waals surface area contributed by atoms with Gasteiger partial charge in [-0.3, -0.25) is 14.5 Å². The normalized spacial score (nSPS) is 14.7. The topological polar surface area (TPSA) is 82.1 Å². The predicted molar refractivity (Wildman–Crippen MR) is 89.0 cm³/mol. The summed E-state index contributed by atoms with van der Waals surface area (Å²) in [5.41, 5.74) is 0.938. The van der Waals surface area contributed by atoms with Gasteiger partial charge in [0.1, 0.15) is 5.60 Å². The molecule has 7 heteroatoms. The number of carbonyl (C=O) groups excluding carboxylic acids is 3. The molecule has 1 aromatic carbocycles. The molecule has 0 saturated heterocycles. The van der Waals surface area contributed by atoms with E-state index >= 15 is 0 Å². The number of nitrogens with zero attached hydrogens (tertiary/aromatic N) is 1. The molecule has 0 atom stereocenters. The van der Waals surface area contributed by atoms with Gasteiger partial charge in [-0.05, 0) is 49.9 Å². The largest absolute Gasteiger partial charge is 0.349 e. The predicted octanol–water partition coefficient (Wildman–Crippen LogP) is 2.64. The second-order valence-electron chi connectivity index (χ2n) is 6.37. The molecule has 1 heterocycles. The summed E-state index contributed by atoms with van der Waals surface area (Å²) in [6, 6.07) is 6.48. The summed E-state index contributed by atoms with van der Waals surface area (Å²) in [7, 11) is 0. The number of imide groups is 1. The second-order valence-corrected chi connectivity index (χ2v) is 6.37. The third-order valence-electron chi connectivity index (χ3n) is 3.88. The molecule has 1 aliphatic rings. The van der Waals surface area contributed by atoms with Gasteiger partial charge in [0.25, 0.3) is 11.8 Å². The van der Waals surface area contributed by atoms with Crippen LogP contribution >= 0.6 is 0 Å². The molecule has 0 unspecified atom stereocenters. The van der Waals surface area contributed by atoms with E-state index in [0.717, 1.165) is 4.90 Å². The maximum Gasteiger partial charge on any atom is 0.349 e. The van der Waals surface area contributed by atoms with Crippen molar-refractivity contribution >= 4 is 23.5 Å². The van der Waals surface area contributed by atoms with Crippen molar-refractivity contribution in [1.82, 2.24) is 0 Å². The summed E-state index contributed by atoms with van der Waals surface area (Å²) in [6.07, 6.45) is 1.95. The average molecular weight is 347 g/mol. The maximum atomic E-state index is 11.9. The molecule has 0 radical (unpaired) electrons. The molecule has 2 rings (SSSR count). The molecule has 0 aromatic heterocycles. The van der Waals surface area contributed by atoms with E-state index in [1.165, 1.54) is 6.08 Å². The Hall–Kier alpha value is -2.51. The Labute approximate surface area is 146 Å². The SMILES string of the molecule is CCC(C)(C)OOOC(=O)Cc1ccc(N2C(=O)C=C(C)C2=O)cc1. The van der Waals surface area contributed by atoms with Crippen molar-refractivity contribution in [1.29, 1.82) is 0 Å². The van der Waals surface area contributed by atoms with Gasteiger partial charge in [-0.25, -0.2) is 9.69 Å². The minimum absolute atomic E-state index is 0.0324. The van der Waals surface area contributed by atoms with Crippen molar-refractivity contribution in [3.63, 3.8) is 0 Å². The lowest BCUT2D eigenvalue weighted by Crippen LogP contribution is -2.30. The Morgan fingerprint density at radius 2 is 1.80 bits per heavy atom. The number of amides is 2. The van der Waals surface area contributed by atoms with Crippen LogP contribution in [-0.4, -0.2) is 23.4 Å². The fourth-order valence-electron chi connectivity index (χ4n) is 2.00. The van der Waals surface area contributed by atoms with Gasteiger partial charge in [0, 0.05) is 11.6 Å². The van der Waals surface area contributed by atoms with Crippen LogP contribution < -0.4 is 4.90 Å². The van der Waals surface area contributed by atoms with Crippen LogP contribution in [0.3, 0.4) is 0 Å². The lowest BCUT2D eigenvalue weighted by atomic mass is 10.1.